The molecule has 0 unspecified atom stereocenters. The fraction of sp³-hybridized carbons (Fsp3) is 0.500. The Labute approximate surface area is 87.1 Å². The first kappa shape index (κ1) is 10.9. The van der Waals surface area contributed by atoms with E-state index in [0.717, 1.165) is 18.8 Å². The molecule has 0 N–H and O–H groups in total. The average molecular weight is 191 g/mol. The van der Waals surface area contributed by atoms with Crippen LogP contribution in [-0.2, 0) is 0 Å². The molecule has 1 rings (SSSR count). The summed E-state index contributed by atoms with van der Waals surface area (Å²) in [5.41, 5.74) is 2.41. The highest BCUT2D eigenvalue weighted by Crippen LogP contribution is 2.20. The minimum absolute atomic E-state index is 1.05. The van der Waals surface area contributed by atoms with Gasteiger partial charge in [-0.05, 0) is 26.0 Å². The van der Waals surface area contributed by atoms with Gasteiger partial charge in [0.2, 0.25) is 0 Å². The van der Waals surface area contributed by atoms with E-state index in [2.05, 4.69) is 41.8 Å². The lowest BCUT2D eigenvalue weighted by Crippen LogP contribution is -2.22. The molecular weight excluding hydrogens is 172 g/mol. The zero-order valence-corrected chi connectivity index (χ0v) is 9.54. The van der Waals surface area contributed by atoms with Crippen molar-refractivity contribution in [3.8, 4) is 0 Å². The summed E-state index contributed by atoms with van der Waals surface area (Å²) < 4.78 is 0. The highest BCUT2D eigenvalue weighted by Gasteiger charge is 2.03. The fourth-order valence-electron chi connectivity index (χ4n) is 1.49. The molecule has 1 aromatic rings. The summed E-state index contributed by atoms with van der Waals surface area (Å²) in [5.74, 6) is 0. The van der Waals surface area contributed by atoms with Crippen molar-refractivity contribution in [1.82, 2.24) is 0 Å². The predicted molar refractivity (Wildman–Crippen MR) is 63.2 cm³/mol. The molecule has 0 saturated heterocycles. The standard InChI is InChI=1S/C12H19N2/c1-5-14(6-2)12-9-7-8-11(10-12)13(3)4/h7,9-10H,5-6H2,1-4H3. The zero-order chi connectivity index (χ0) is 10.6. The molecule has 2 nitrogen and oxygen atoms in total. The van der Waals surface area contributed by atoms with Crippen molar-refractivity contribution in [1.29, 1.82) is 0 Å². The normalized spacial score (nSPS) is 10.0. The lowest BCUT2D eigenvalue weighted by atomic mass is 10.2. The van der Waals surface area contributed by atoms with Crippen LogP contribution in [0.4, 0.5) is 11.4 Å². The van der Waals surface area contributed by atoms with Crippen LogP contribution in [0.2, 0.25) is 0 Å². The van der Waals surface area contributed by atoms with Gasteiger partial charge < -0.3 is 9.80 Å². The largest absolute Gasteiger partial charge is 0.377 e. The molecule has 0 fully saturated rings. The second kappa shape index (κ2) is 4.89. The fourth-order valence-corrected chi connectivity index (χ4v) is 1.49. The molecule has 0 aromatic heterocycles. The molecule has 0 aliphatic heterocycles. The van der Waals surface area contributed by atoms with E-state index in [4.69, 9.17) is 0 Å². The van der Waals surface area contributed by atoms with Gasteiger partial charge in [-0.15, -0.1) is 0 Å². The summed E-state index contributed by atoms with van der Waals surface area (Å²) in [4.78, 5) is 4.41. The zero-order valence-electron chi connectivity index (χ0n) is 9.54. The van der Waals surface area contributed by atoms with Gasteiger partial charge in [-0.2, -0.15) is 0 Å². The Kier molecular flexibility index (Phi) is 3.81. The Balaban J connectivity index is 2.92. The van der Waals surface area contributed by atoms with Crippen LogP contribution in [0.3, 0.4) is 0 Å². The molecular formula is C12H19N2. The second-order valence-electron chi connectivity index (χ2n) is 3.50. The van der Waals surface area contributed by atoms with Gasteiger partial charge in [0.15, 0.2) is 0 Å². The number of benzene rings is 1. The Bertz CT molecular complexity index is 277. The number of nitrogens with zero attached hydrogens (tertiary/aromatic N) is 2. The minimum atomic E-state index is 1.05. The molecule has 0 aliphatic carbocycles. The summed E-state index contributed by atoms with van der Waals surface area (Å²) in [6.07, 6.45) is 0. The molecule has 0 spiro atoms. The van der Waals surface area contributed by atoms with Crippen LogP contribution in [0.5, 0.6) is 0 Å². The molecule has 0 heterocycles. The van der Waals surface area contributed by atoms with Crippen molar-refractivity contribution < 1.29 is 0 Å². The maximum absolute atomic E-state index is 3.21. The third kappa shape index (κ3) is 2.41. The summed E-state index contributed by atoms with van der Waals surface area (Å²) in [5, 5.41) is 0. The molecule has 0 amide bonds. The molecule has 1 aromatic carbocycles. The molecule has 1 radical (unpaired) electrons. The Morgan fingerprint density at radius 1 is 1.21 bits per heavy atom. The molecule has 77 valence electrons. The van der Waals surface area contributed by atoms with Crippen LogP contribution >= 0.6 is 0 Å². The summed E-state index contributed by atoms with van der Waals surface area (Å²) in [7, 11) is 4.08. The first-order chi connectivity index (χ1) is 6.69. The quantitative estimate of drug-likeness (QED) is 0.721. The van der Waals surface area contributed by atoms with E-state index in [1.165, 1.54) is 5.69 Å². The summed E-state index contributed by atoms with van der Waals surface area (Å²) in [6.45, 7) is 6.45. The van der Waals surface area contributed by atoms with Crippen LogP contribution in [0, 0.1) is 6.07 Å². The van der Waals surface area contributed by atoms with Crippen LogP contribution < -0.4 is 9.80 Å². The lowest BCUT2D eigenvalue weighted by molar-refractivity contribution is 0.866. The number of hydrogen-bond donors (Lipinski definition) is 0. The molecule has 2 heteroatoms. The first-order valence-electron chi connectivity index (χ1n) is 5.13. The van der Waals surface area contributed by atoms with Crippen LogP contribution in [-0.4, -0.2) is 27.2 Å². The maximum atomic E-state index is 3.21. The van der Waals surface area contributed by atoms with E-state index in [1.807, 2.05) is 20.2 Å². The third-order valence-electron chi connectivity index (χ3n) is 2.38. The Morgan fingerprint density at radius 3 is 2.36 bits per heavy atom. The van der Waals surface area contributed by atoms with Crippen molar-refractivity contribution in [2.45, 2.75) is 13.8 Å². The Morgan fingerprint density at radius 2 is 1.86 bits per heavy atom. The molecule has 0 aliphatic rings. The van der Waals surface area contributed by atoms with Crippen LogP contribution in [0.1, 0.15) is 13.8 Å². The van der Waals surface area contributed by atoms with Gasteiger partial charge in [0.1, 0.15) is 0 Å². The van der Waals surface area contributed by atoms with Crippen molar-refractivity contribution in [2.24, 2.45) is 0 Å². The second-order valence-corrected chi connectivity index (χ2v) is 3.50. The van der Waals surface area contributed by atoms with Gasteiger partial charge in [0.05, 0.1) is 0 Å². The van der Waals surface area contributed by atoms with Gasteiger partial charge in [0.25, 0.3) is 0 Å². The van der Waals surface area contributed by atoms with E-state index in [0.29, 0.717) is 0 Å². The van der Waals surface area contributed by atoms with Crippen molar-refractivity contribution in [2.75, 3.05) is 37.0 Å². The SMILES string of the molecule is CCN(CC)c1cc[c]c(N(C)C)c1. The van der Waals surface area contributed by atoms with Gasteiger partial charge in [-0.25, -0.2) is 0 Å². The van der Waals surface area contributed by atoms with E-state index >= 15 is 0 Å². The molecule has 0 atom stereocenters. The minimum Gasteiger partial charge on any atom is -0.377 e. The Hall–Kier alpha value is -1.18. The van der Waals surface area contributed by atoms with E-state index in [-0.39, 0.29) is 0 Å². The number of anilines is 2. The first-order valence-corrected chi connectivity index (χ1v) is 5.13. The highest BCUT2D eigenvalue weighted by atomic mass is 15.1. The summed E-state index contributed by atoms with van der Waals surface area (Å²) >= 11 is 0. The lowest BCUT2D eigenvalue weighted by Gasteiger charge is -2.22. The molecule has 0 bridgehead atoms. The molecule has 0 saturated carbocycles. The van der Waals surface area contributed by atoms with Crippen LogP contribution in [0.25, 0.3) is 0 Å². The maximum Gasteiger partial charge on any atom is 0.0462 e. The predicted octanol–water partition coefficient (Wildman–Crippen LogP) is 2.40. The van der Waals surface area contributed by atoms with E-state index < -0.39 is 0 Å². The van der Waals surface area contributed by atoms with Crippen molar-refractivity contribution in [3.63, 3.8) is 0 Å². The van der Waals surface area contributed by atoms with Gasteiger partial charge in [-0.1, -0.05) is 6.07 Å². The number of rotatable bonds is 4. The third-order valence-corrected chi connectivity index (χ3v) is 2.38. The monoisotopic (exact) mass is 191 g/mol. The van der Waals surface area contributed by atoms with Crippen molar-refractivity contribution in [3.05, 3.63) is 24.3 Å². The topological polar surface area (TPSA) is 6.48 Å². The number of hydrogen-bond acceptors (Lipinski definition) is 2. The van der Waals surface area contributed by atoms with E-state index in [1.54, 1.807) is 0 Å². The average Bonchev–Trinajstić information content (AvgIpc) is 2.20. The molecule has 14 heavy (non-hydrogen) atoms. The highest BCUT2D eigenvalue weighted by molar-refractivity contribution is 5.58. The van der Waals surface area contributed by atoms with Gasteiger partial charge in [-0.3, -0.25) is 0 Å². The van der Waals surface area contributed by atoms with Crippen molar-refractivity contribution >= 4 is 11.4 Å². The van der Waals surface area contributed by atoms with Crippen LogP contribution in [0.15, 0.2) is 18.2 Å². The summed E-state index contributed by atoms with van der Waals surface area (Å²) in [6, 6.07) is 9.48. The smallest absolute Gasteiger partial charge is 0.0462 e. The van der Waals surface area contributed by atoms with Gasteiger partial charge in [0, 0.05) is 44.6 Å². The van der Waals surface area contributed by atoms with Gasteiger partial charge >= 0.3 is 0 Å². The van der Waals surface area contributed by atoms with E-state index in [9.17, 15) is 0 Å².